The van der Waals surface area contributed by atoms with E-state index in [1.807, 2.05) is 0 Å². The summed E-state index contributed by atoms with van der Waals surface area (Å²) >= 11 is 0. The Morgan fingerprint density at radius 1 is 1.15 bits per heavy atom. The molecule has 0 aromatic heterocycles. The predicted molar refractivity (Wildman–Crippen MR) is 103 cm³/mol. The summed E-state index contributed by atoms with van der Waals surface area (Å²) in [5.41, 5.74) is 1.26. The van der Waals surface area contributed by atoms with Crippen molar-refractivity contribution in [2.24, 2.45) is 28.6 Å². The summed E-state index contributed by atoms with van der Waals surface area (Å²) in [6.07, 6.45) is 9.29. The molecule has 0 aliphatic heterocycles. The lowest BCUT2D eigenvalue weighted by atomic mass is 9.45. The highest BCUT2D eigenvalue weighted by Crippen LogP contribution is 2.62. The molecule has 0 radical (unpaired) electrons. The lowest BCUT2D eigenvalue weighted by Gasteiger charge is -2.60. The molecule has 0 amide bonds. The molecule has 0 heterocycles. The first kappa shape index (κ1) is 21.0. The zero-order valence-electron chi connectivity index (χ0n) is 17.1. The number of hydrogen-bond donors (Lipinski definition) is 1. The number of fused-ring (bicyclic) bond motifs is 1. The molecule has 2 fully saturated rings. The third-order valence-corrected chi connectivity index (χ3v) is 7.76. The summed E-state index contributed by atoms with van der Waals surface area (Å²) in [6, 6.07) is 0. The average molecular weight is 365 g/mol. The molecule has 4 heteroatoms. The minimum absolute atomic E-state index is 0.0594. The Balaban J connectivity index is 2.24. The molecule has 2 aliphatic rings. The standard InChI is InChI=1S/C22H36O4/c1-15-7-6-8-19-21(15,4)11-9-16(2)22(19,5)12-10-18(13-20(24)25)14-26-17(3)23/h10,15-16,19H,6-9,11-14H2,1-5H3,(H,24,25). The van der Waals surface area contributed by atoms with Gasteiger partial charge in [-0.05, 0) is 59.8 Å². The van der Waals surface area contributed by atoms with Gasteiger partial charge in [0.2, 0.25) is 0 Å². The Hall–Kier alpha value is -1.32. The number of carboxylic acid groups (broad SMARTS) is 1. The molecular weight excluding hydrogens is 328 g/mol. The maximum atomic E-state index is 11.2. The maximum Gasteiger partial charge on any atom is 0.307 e. The van der Waals surface area contributed by atoms with E-state index in [-0.39, 0.29) is 24.4 Å². The van der Waals surface area contributed by atoms with Gasteiger partial charge in [0.05, 0.1) is 6.42 Å². The third-order valence-electron chi connectivity index (χ3n) is 7.76. The van der Waals surface area contributed by atoms with Gasteiger partial charge in [-0.25, -0.2) is 0 Å². The summed E-state index contributed by atoms with van der Waals surface area (Å²) in [4.78, 5) is 22.3. The van der Waals surface area contributed by atoms with Crippen molar-refractivity contribution < 1.29 is 19.4 Å². The SMILES string of the molecule is CC(=O)OCC(=CCC1(C)C(C)CCC2(C)C(C)CCCC12)CC(=O)O. The Bertz CT molecular complexity index is 566. The van der Waals surface area contributed by atoms with Crippen LogP contribution in [-0.4, -0.2) is 23.7 Å². The van der Waals surface area contributed by atoms with Gasteiger partial charge in [-0.15, -0.1) is 0 Å². The van der Waals surface area contributed by atoms with E-state index in [1.54, 1.807) is 0 Å². The van der Waals surface area contributed by atoms with Gasteiger partial charge in [-0.3, -0.25) is 9.59 Å². The van der Waals surface area contributed by atoms with Gasteiger partial charge in [0.25, 0.3) is 0 Å². The van der Waals surface area contributed by atoms with E-state index >= 15 is 0 Å². The number of esters is 1. The van der Waals surface area contributed by atoms with Crippen LogP contribution < -0.4 is 0 Å². The topological polar surface area (TPSA) is 63.6 Å². The molecule has 1 N–H and O–H groups in total. The zero-order valence-corrected chi connectivity index (χ0v) is 17.1. The second-order valence-electron chi connectivity index (χ2n) is 9.25. The van der Waals surface area contributed by atoms with Gasteiger partial charge in [0.1, 0.15) is 6.61 Å². The third kappa shape index (κ3) is 4.32. The van der Waals surface area contributed by atoms with E-state index in [9.17, 15) is 14.7 Å². The van der Waals surface area contributed by atoms with E-state index in [1.165, 1.54) is 39.0 Å². The number of hydrogen-bond acceptors (Lipinski definition) is 3. The number of carboxylic acids is 1. The van der Waals surface area contributed by atoms with Crippen molar-refractivity contribution in [2.75, 3.05) is 6.61 Å². The molecular formula is C22H36O4. The molecule has 0 bridgehead atoms. The van der Waals surface area contributed by atoms with Crippen molar-refractivity contribution >= 4 is 11.9 Å². The minimum Gasteiger partial charge on any atom is -0.481 e. The largest absolute Gasteiger partial charge is 0.481 e. The van der Waals surface area contributed by atoms with Crippen molar-refractivity contribution in [3.8, 4) is 0 Å². The smallest absolute Gasteiger partial charge is 0.307 e. The number of carbonyl (C=O) groups excluding carboxylic acids is 1. The first-order valence-corrected chi connectivity index (χ1v) is 10.1. The van der Waals surface area contributed by atoms with E-state index in [2.05, 4.69) is 33.8 Å². The lowest BCUT2D eigenvalue weighted by Crippen LogP contribution is -2.52. The van der Waals surface area contributed by atoms with Gasteiger partial charge < -0.3 is 9.84 Å². The fourth-order valence-corrected chi connectivity index (χ4v) is 5.61. The molecule has 0 aromatic carbocycles. The summed E-state index contributed by atoms with van der Waals surface area (Å²) in [5, 5.41) is 9.18. The number of ether oxygens (including phenoxy) is 1. The fourth-order valence-electron chi connectivity index (χ4n) is 5.61. The number of aliphatic carboxylic acids is 1. The summed E-state index contributed by atoms with van der Waals surface area (Å²) in [5.74, 6) is 0.783. The second-order valence-corrected chi connectivity index (χ2v) is 9.25. The Labute approximate surface area is 158 Å². The maximum absolute atomic E-state index is 11.2. The highest BCUT2D eigenvalue weighted by Gasteiger charge is 2.54. The summed E-state index contributed by atoms with van der Waals surface area (Å²) < 4.78 is 5.08. The van der Waals surface area contributed by atoms with Crippen LogP contribution in [0.15, 0.2) is 11.6 Å². The predicted octanol–water partition coefficient (Wildman–Crippen LogP) is 5.22. The van der Waals surface area contributed by atoms with Crippen molar-refractivity contribution in [2.45, 2.75) is 79.6 Å². The summed E-state index contributed by atoms with van der Waals surface area (Å²) in [7, 11) is 0. The molecule has 0 aromatic rings. The van der Waals surface area contributed by atoms with Crippen molar-refractivity contribution in [3.63, 3.8) is 0 Å². The molecule has 0 spiro atoms. The Morgan fingerprint density at radius 3 is 2.46 bits per heavy atom. The number of carbonyl (C=O) groups is 2. The van der Waals surface area contributed by atoms with Gasteiger partial charge in [-0.2, -0.15) is 0 Å². The van der Waals surface area contributed by atoms with Gasteiger partial charge in [0.15, 0.2) is 0 Å². The van der Waals surface area contributed by atoms with Crippen LogP contribution in [-0.2, 0) is 14.3 Å². The average Bonchev–Trinajstić information content (AvgIpc) is 2.56. The molecule has 4 nitrogen and oxygen atoms in total. The monoisotopic (exact) mass is 364 g/mol. The van der Waals surface area contributed by atoms with Crippen LogP contribution in [0.1, 0.15) is 79.6 Å². The molecule has 2 saturated carbocycles. The van der Waals surface area contributed by atoms with E-state index < -0.39 is 5.97 Å². The molecule has 26 heavy (non-hydrogen) atoms. The Morgan fingerprint density at radius 2 is 1.85 bits per heavy atom. The van der Waals surface area contributed by atoms with E-state index in [0.29, 0.717) is 22.8 Å². The van der Waals surface area contributed by atoms with Crippen molar-refractivity contribution in [3.05, 3.63) is 11.6 Å². The molecule has 2 rings (SSSR count). The van der Waals surface area contributed by atoms with Crippen LogP contribution in [0.4, 0.5) is 0 Å². The van der Waals surface area contributed by atoms with Gasteiger partial charge in [-0.1, -0.05) is 46.6 Å². The van der Waals surface area contributed by atoms with Crippen LogP contribution in [0.2, 0.25) is 0 Å². The number of allylic oxidation sites excluding steroid dienone is 1. The Kier molecular flexibility index (Phi) is 6.57. The first-order chi connectivity index (χ1) is 12.1. The molecule has 2 aliphatic carbocycles. The van der Waals surface area contributed by atoms with E-state index in [4.69, 9.17) is 4.74 Å². The highest BCUT2D eigenvalue weighted by atomic mass is 16.5. The quantitative estimate of drug-likeness (QED) is 0.518. The van der Waals surface area contributed by atoms with Crippen LogP contribution in [0.5, 0.6) is 0 Å². The fraction of sp³-hybridized carbons (Fsp3) is 0.818. The molecule has 5 unspecified atom stereocenters. The normalized spacial score (nSPS) is 37.7. The van der Waals surface area contributed by atoms with Crippen molar-refractivity contribution in [1.82, 2.24) is 0 Å². The lowest BCUT2D eigenvalue weighted by molar-refractivity contribution is -0.141. The van der Waals surface area contributed by atoms with E-state index in [0.717, 1.165) is 12.3 Å². The first-order valence-electron chi connectivity index (χ1n) is 10.1. The van der Waals surface area contributed by atoms with Gasteiger partial charge >= 0.3 is 11.9 Å². The van der Waals surface area contributed by atoms with Crippen molar-refractivity contribution in [1.29, 1.82) is 0 Å². The summed E-state index contributed by atoms with van der Waals surface area (Å²) in [6.45, 7) is 11.1. The van der Waals surface area contributed by atoms with Gasteiger partial charge in [0, 0.05) is 6.92 Å². The minimum atomic E-state index is -0.874. The number of rotatable bonds is 6. The molecule has 0 saturated heterocycles. The zero-order chi connectivity index (χ0) is 19.5. The molecule has 148 valence electrons. The van der Waals surface area contributed by atoms with Crippen LogP contribution in [0.25, 0.3) is 0 Å². The van der Waals surface area contributed by atoms with Crippen LogP contribution in [0.3, 0.4) is 0 Å². The second kappa shape index (κ2) is 8.14. The van der Waals surface area contributed by atoms with Crippen LogP contribution in [0, 0.1) is 28.6 Å². The van der Waals surface area contributed by atoms with Crippen LogP contribution >= 0.6 is 0 Å². The highest BCUT2D eigenvalue weighted by molar-refractivity contribution is 5.70. The molecule has 5 atom stereocenters.